The van der Waals surface area contributed by atoms with Gasteiger partial charge < -0.3 is 14.1 Å². The van der Waals surface area contributed by atoms with Crippen LogP contribution in [-0.4, -0.2) is 27.6 Å². The zero-order valence-corrected chi connectivity index (χ0v) is 15.5. The molecular weight excluding hydrogens is 330 g/mol. The molecule has 0 spiro atoms. The Morgan fingerprint density at radius 2 is 2.00 bits per heavy atom. The maximum atomic E-state index is 12.6. The molecule has 136 valence electrons. The second-order valence-electron chi connectivity index (χ2n) is 6.36. The number of para-hydroxylation sites is 1. The van der Waals surface area contributed by atoms with Crippen molar-refractivity contribution in [3.63, 3.8) is 0 Å². The summed E-state index contributed by atoms with van der Waals surface area (Å²) in [4.78, 5) is 14.2. The highest BCUT2D eigenvalue weighted by Gasteiger charge is 2.18. The van der Waals surface area contributed by atoms with E-state index in [0.29, 0.717) is 18.1 Å². The third-order valence-electron chi connectivity index (χ3n) is 4.43. The summed E-state index contributed by atoms with van der Waals surface area (Å²) >= 11 is 0. The van der Waals surface area contributed by atoms with E-state index in [2.05, 4.69) is 5.10 Å². The molecule has 0 saturated heterocycles. The Morgan fingerprint density at radius 3 is 2.69 bits per heavy atom. The quantitative estimate of drug-likeness (QED) is 0.681. The van der Waals surface area contributed by atoms with Gasteiger partial charge in [-0.3, -0.25) is 9.48 Å². The summed E-state index contributed by atoms with van der Waals surface area (Å²) < 4.78 is 13.2. The molecule has 2 heterocycles. The van der Waals surface area contributed by atoms with Gasteiger partial charge in [-0.2, -0.15) is 5.10 Å². The van der Waals surface area contributed by atoms with Crippen LogP contribution in [0.4, 0.5) is 0 Å². The molecule has 0 saturated carbocycles. The highest BCUT2D eigenvalue weighted by Crippen LogP contribution is 2.19. The Labute approximate surface area is 153 Å². The highest BCUT2D eigenvalue weighted by atomic mass is 16.5. The van der Waals surface area contributed by atoms with Crippen LogP contribution in [0.3, 0.4) is 0 Å². The summed E-state index contributed by atoms with van der Waals surface area (Å²) in [7, 11) is 3.63. The Balaban J connectivity index is 1.62. The van der Waals surface area contributed by atoms with Crippen molar-refractivity contribution in [2.75, 3.05) is 7.05 Å². The average molecular weight is 353 g/mol. The second kappa shape index (κ2) is 7.47. The lowest BCUT2D eigenvalue weighted by molar-refractivity contribution is 0.0749. The van der Waals surface area contributed by atoms with Crippen LogP contribution in [0.25, 0.3) is 0 Å². The molecule has 3 aromatic rings. The lowest BCUT2D eigenvalue weighted by Crippen LogP contribution is -2.26. The first-order chi connectivity index (χ1) is 12.5. The summed E-state index contributed by atoms with van der Waals surface area (Å²) in [6.07, 6.45) is 1.78. The fourth-order valence-electron chi connectivity index (χ4n) is 2.65. The molecular formula is C20H23N3O3. The highest BCUT2D eigenvalue weighted by molar-refractivity contribution is 5.91. The number of ether oxygens (including phenoxy) is 1. The Hall–Kier alpha value is -3.02. The summed E-state index contributed by atoms with van der Waals surface area (Å²) in [5.74, 6) is 1.55. The Bertz CT molecular complexity index is 911. The fourth-order valence-corrected chi connectivity index (χ4v) is 2.65. The minimum Gasteiger partial charge on any atom is -0.485 e. The first-order valence-corrected chi connectivity index (χ1v) is 8.46. The van der Waals surface area contributed by atoms with Crippen LogP contribution >= 0.6 is 0 Å². The number of amides is 1. The number of hydrogen-bond acceptors (Lipinski definition) is 4. The van der Waals surface area contributed by atoms with Crippen molar-refractivity contribution in [1.29, 1.82) is 0 Å². The minimum absolute atomic E-state index is 0.171. The van der Waals surface area contributed by atoms with Crippen molar-refractivity contribution in [1.82, 2.24) is 14.7 Å². The van der Waals surface area contributed by atoms with E-state index in [9.17, 15) is 4.79 Å². The van der Waals surface area contributed by atoms with Crippen LogP contribution < -0.4 is 4.74 Å². The predicted molar refractivity (Wildman–Crippen MR) is 98.0 cm³/mol. The van der Waals surface area contributed by atoms with Crippen molar-refractivity contribution >= 4 is 5.91 Å². The van der Waals surface area contributed by atoms with Crippen LogP contribution in [0.15, 0.2) is 47.0 Å². The van der Waals surface area contributed by atoms with Gasteiger partial charge in [0, 0.05) is 31.9 Å². The van der Waals surface area contributed by atoms with Gasteiger partial charge in [-0.15, -0.1) is 0 Å². The fraction of sp³-hybridized carbons (Fsp3) is 0.300. The van der Waals surface area contributed by atoms with E-state index in [1.54, 1.807) is 35.0 Å². The molecule has 0 atom stereocenters. The van der Waals surface area contributed by atoms with Gasteiger partial charge in [0.25, 0.3) is 5.91 Å². The molecule has 6 nitrogen and oxygen atoms in total. The minimum atomic E-state index is -0.171. The van der Waals surface area contributed by atoms with E-state index in [1.165, 1.54) is 0 Å². The van der Waals surface area contributed by atoms with Gasteiger partial charge in [0.2, 0.25) is 0 Å². The predicted octanol–water partition coefficient (Wildman–Crippen LogP) is 3.48. The summed E-state index contributed by atoms with van der Waals surface area (Å²) in [5, 5.41) is 4.20. The third kappa shape index (κ3) is 3.79. The molecule has 0 aliphatic carbocycles. The van der Waals surface area contributed by atoms with Gasteiger partial charge in [0.15, 0.2) is 5.76 Å². The summed E-state index contributed by atoms with van der Waals surface area (Å²) in [6.45, 7) is 4.73. The van der Waals surface area contributed by atoms with Crippen molar-refractivity contribution in [2.45, 2.75) is 27.0 Å². The molecule has 2 aromatic heterocycles. The number of benzene rings is 1. The van der Waals surface area contributed by atoms with Gasteiger partial charge >= 0.3 is 0 Å². The van der Waals surface area contributed by atoms with Crippen LogP contribution in [0.1, 0.15) is 33.1 Å². The number of rotatable bonds is 6. The van der Waals surface area contributed by atoms with E-state index < -0.39 is 0 Å². The number of aryl methyl sites for hydroxylation is 2. The largest absolute Gasteiger partial charge is 0.485 e. The molecule has 0 fully saturated rings. The van der Waals surface area contributed by atoms with Gasteiger partial charge in [-0.05, 0) is 37.6 Å². The zero-order valence-electron chi connectivity index (χ0n) is 15.5. The number of carbonyl (C=O) groups excluding carboxylic acids is 1. The maximum absolute atomic E-state index is 12.6. The van der Waals surface area contributed by atoms with Crippen LogP contribution in [-0.2, 0) is 20.2 Å². The SMILES string of the molecule is Cc1ccccc1OCc1ccc(C(=O)N(C)Cc2cnn(C)c2C)o1. The number of nitrogens with zero attached hydrogens (tertiary/aromatic N) is 3. The number of aromatic nitrogens is 2. The van der Waals surface area contributed by atoms with Crippen LogP contribution in [0, 0.1) is 13.8 Å². The Kier molecular flexibility index (Phi) is 5.11. The normalized spacial score (nSPS) is 10.8. The summed E-state index contributed by atoms with van der Waals surface area (Å²) in [6, 6.07) is 11.2. The smallest absolute Gasteiger partial charge is 0.289 e. The molecule has 0 aliphatic rings. The number of furan rings is 1. The van der Waals surface area contributed by atoms with Crippen molar-refractivity contribution in [2.24, 2.45) is 7.05 Å². The molecule has 6 heteroatoms. The van der Waals surface area contributed by atoms with Crippen LogP contribution in [0.2, 0.25) is 0 Å². The molecule has 26 heavy (non-hydrogen) atoms. The summed E-state index contributed by atoms with van der Waals surface area (Å²) in [5.41, 5.74) is 3.11. The van der Waals surface area contributed by atoms with E-state index in [4.69, 9.17) is 9.15 Å². The molecule has 0 radical (unpaired) electrons. The zero-order chi connectivity index (χ0) is 18.7. The molecule has 1 aromatic carbocycles. The van der Waals surface area contributed by atoms with Crippen LogP contribution in [0.5, 0.6) is 5.75 Å². The molecule has 0 bridgehead atoms. The first kappa shape index (κ1) is 17.8. The van der Waals surface area contributed by atoms with Gasteiger partial charge in [0.05, 0.1) is 6.20 Å². The Morgan fingerprint density at radius 1 is 1.23 bits per heavy atom. The lowest BCUT2D eigenvalue weighted by Gasteiger charge is -2.15. The van der Waals surface area contributed by atoms with E-state index >= 15 is 0 Å². The molecule has 0 aliphatic heterocycles. The van der Waals surface area contributed by atoms with Gasteiger partial charge in [-0.1, -0.05) is 18.2 Å². The van der Waals surface area contributed by atoms with Gasteiger partial charge in [-0.25, -0.2) is 0 Å². The van der Waals surface area contributed by atoms with Crippen molar-refractivity contribution in [3.8, 4) is 5.75 Å². The standard InChI is InChI=1S/C20H23N3O3/c1-14-7-5-6-8-18(14)25-13-17-9-10-19(26-17)20(24)22(3)12-16-11-21-23(4)15(16)2/h5-11H,12-13H2,1-4H3. The second-order valence-corrected chi connectivity index (χ2v) is 6.36. The first-order valence-electron chi connectivity index (χ1n) is 8.46. The molecule has 0 unspecified atom stereocenters. The van der Waals surface area contributed by atoms with E-state index in [-0.39, 0.29) is 12.5 Å². The van der Waals surface area contributed by atoms with E-state index in [0.717, 1.165) is 22.6 Å². The third-order valence-corrected chi connectivity index (χ3v) is 4.43. The molecule has 1 amide bonds. The number of carbonyl (C=O) groups is 1. The van der Waals surface area contributed by atoms with Crippen molar-refractivity contribution < 1.29 is 13.9 Å². The average Bonchev–Trinajstić information content (AvgIpc) is 3.22. The van der Waals surface area contributed by atoms with E-state index in [1.807, 2.05) is 45.2 Å². The van der Waals surface area contributed by atoms with Gasteiger partial charge in [0.1, 0.15) is 18.1 Å². The molecule has 0 N–H and O–H groups in total. The molecule has 3 rings (SSSR count). The monoisotopic (exact) mass is 353 g/mol. The number of hydrogen-bond donors (Lipinski definition) is 0. The topological polar surface area (TPSA) is 60.5 Å². The van der Waals surface area contributed by atoms with Crippen molar-refractivity contribution in [3.05, 3.63) is 70.9 Å². The lowest BCUT2D eigenvalue weighted by atomic mass is 10.2. The maximum Gasteiger partial charge on any atom is 0.289 e.